The van der Waals surface area contributed by atoms with Crippen molar-refractivity contribution in [2.75, 3.05) is 18.0 Å². The molecule has 0 radical (unpaired) electrons. The fraction of sp³-hybridized carbons (Fsp3) is 0.450. The van der Waals surface area contributed by atoms with E-state index in [1.165, 1.54) is 12.8 Å². The van der Waals surface area contributed by atoms with E-state index >= 15 is 0 Å². The summed E-state index contributed by atoms with van der Waals surface area (Å²) in [6, 6.07) is 10.3. The van der Waals surface area contributed by atoms with Gasteiger partial charge in [0.05, 0.1) is 12.0 Å². The number of rotatable bonds is 4. The number of aromatic nitrogens is 3. The van der Waals surface area contributed by atoms with Crippen LogP contribution in [0.2, 0.25) is 0 Å². The lowest BCUT2D eigenvalue weighted by Crippen LogP contribution is -2.36. The van der Waals surface area contributed by atoms with Gasteiger partial charge in [-0.05, 0) is 43.7 Å². The van der Waals surface area contributed by atoms with Crippen LogP contribution in [0.25, 0.3) is 11.1 Å². The molecule has 1 saturated heterocycles. The molecule has 0 spiro atoms. The summed E-state index contributed by atoms with van der Waals surface area (Å²) in [5, 5.41) is 0. The first-order valence-electron chi connectivity index (χ1n) is 9.43. The second-order valence-corrected chi connectivity index (χ2v) is 7.47. The van der Waals surface area contributed by atoms with Gasteiger partial charge in [0, 0.05) is 31.6 Å². The van der Waals surface area contributed by atoms with Gasteiger partial charge in [-0.2, -0.15) is 4.98 Å². The van der Waals surface area contributed by atoms with Crippen LogP contribution in [0, 0.1) is 5.92 Å². The Morgan fingerprint density at radius 1 is 1.12 bits per heavy atom. The van der Waals surface area contributed by atoms with Gasteiger partial charge < -0.3 is 9.32 Å². The molecule has 0 amide bonds. The van der Waals surface area contributed by atoms with Gasteiger partial charge in [0.2, 0.25) is 0 Å². The maximum Gasteiger partial charge on any atom is 0.298 e. The highest BCUT2D eigenvalue weighted by atomic mass is 16.4. The van der Waals surface area contributed by atoms with E-state index in [0.29, 0.717) is 17.9 Å². The summed E-state index contributed by atoms with van der Waals surface area (Å²) in [7, 11) is 0. The van der Waals surface area contributed by atoms with Crippen molar-refractivity contribution in [1.82, 2.24) is 14.5 Å². The molecule has 1 aromatic carbocycles. The summed E-state index contributed by atoms with van der Waals surface area (Å²) in [5.41, 5.74) is 2.79. The van der Waals surface area contributed by atoms with Crippen LogP contribution in [0.15, 0.2) is 45.9 Å². The molecule has 0 N–H and O–H groups in total. The molecular formula is C20H22N4O2. The molecule has 5 rings (SSSR count). The van der Waals surface area contributed by atoms with Gasteiger partial charge in [-0.25, -0.2) is 4.98 Å². The normalized spacial score (nSPS) is 18.5. The largest absolute Gasteiger partial charge is 0.423 e. The molecule has 6 heteroatoms. The van der Waals surface area contributed by atoms with Crippen molar-refractivity contribution >= 4 is 17.1 Å². The van der Waals surface area contributed by atoms with E-state index in [1.54, 1.807) is 17.0 Å². The number of nitrogens with zero attached hydrogens (tertiary/aromatic N) is 4. The van der Waals surface area contributed by atoms with E-state index < -0.39 is 0 Å². The number of para-hydroxylation sites is 2. The van der Waals surface area contributed by atoms with Gasteiger partial charge in [-0.15, -0.1) is 0 Å². The Bertz CT molecular complexity index is 948. The number of fused-ring (bicyclic) bond motifs is 1. The summed E-state index contributed by atoms with van der Waals surface area (Å²) in [6.07, 6.45) is 6.13. The van der Waals surface area contributed by atoms with Crippen molar-refractivity contribution in [3.63, 3.8) is 0 Å². The highest BCUT2D eigenvalue weighted by Gasteiger charge is 2.26. The minimum atomic E-state index is 0.0864. The Balaban J connectivity index is 1.23. The quantitative estimate of drug-likeness (QED) is 0.723. The fourth-order valence-corrected chi connectivity index (χ4v) is 3.76. The number of benzene rings is 1. The Hall–Kier alpha value is -2.63. The lowest BCUT2D eigenvalue weighted by Gasteiger charge is -2.31. The molecule has 26 heavy (non-hydrogen) atoms. The topological polar surface area (TPSA) is 64.2 Å². The summed E-state index contributed by atoms with van der Waals surface area (Å²) in [4.78, 5) is 23.6. The second-order valence-electron chi connectivity index (χ2n) is 7.47. The Morgan fingerprint density at radius 2 is 1.92 bits per heavy atom. The molecule has 3 aromatic rings. The van der Waals surface area contributed by atoms with Crippen molar-refractivity contribution < 1.29 is 4.42 Å². The molecule has 0 atom stereocenters. The molecule has 1 aliphatic carbocycles. The predicted molar refractivity (Wildman–Crippen MR) is 99.4 cm³/mol. The van der Waals surface area contributed by atoms with E-state index in [0.717, 1.165) is 49.3 Å². The first kappa shape index (κ1) is 15.6. The highest BCUT2D eigenvalue weighted by Crippen LogP contribution is 2.38. The van der Waals surface area contributed by atoms with Gasteiger partial charge >= 0.3 is 0 Å². The van der Waals surface area contributed by atoms with E-state index in [1.807, 2.05) is 24.3 Å². The molecule has 3 heterocycles. The number of hydrogen-bond donors (Lipinski definition) is 0. The minimum absolute atomic E-state index is 0.0864. The Labute approximate surface area is 151 Å². The number of piperidine rings is 1. The van der Waals surface area contributed by atoms with E-state index in [4.69, 9.17) is 4.42 Å². The standard InChI is InChI=1S/C20H22N4O2/c25-19-11-17(15-5-6-15)21-13-24(19)12-14-7-9-23(10-8-14)20-22-16-3-1-2-4-18(16)26-20/h1-4,11,13-15H,5-10,12H2. The molecule has 2 aromatic heterocycles. The zero-order chi connectivity index (χ0) is 17.5. The molecule has 1 aliphatic heterocycles. The molecule has 0 bridgehead atoms. The molecule has 0 unspecified atom stereocenters. The van der Waals surface area contributed by atoms with Gasteiger partial charge in [-0.1, -0.05) is 12.1 Å². The molecule has 2 fully saturated rings. The lowest BCUT2D eigenvalue weighted by atomic mass is 9.97. The molecule has 1 saturated carbocycles. The van der Waals surface area contributed by atoms with Crippen LogP contribution >= 0.6 is 0 Å². The second kappa shape index (κ2) is 6.27. The third-order valence-corrected chi connectivity index (χ3v) is 5.52. The van der Waals surface area contributed by atoms with Crippen LogP contribution in [-0.2, 0) is 6.54 Å². The smallest absolute Gasteiger partial charge is 0.298 e. The number of oxazole rings is 1. The van der Waals surface area contributed by atoms with E-state index in [2.05, 4.69) is 14.9 Å². The van der Waals surface area contributed by atoms with Crippen LogP contribution in [0.1, 0.15) is 37.3 Å². The van der Waals surface area contributed by atoms with Gasteiger partial charge in [-0.3, -0.25) is 9.36 Å². The van der Waals surface area contributed by atoms with Crippen LogP contribution in [-0.4, -0.2) is 27.6 Å². The third kappa shape index (κ3) is 3.00. The first-order valence-corrected chi connectivity index (χ1v) is 9.43. The average Bonchev–Trinajstić information content (AvgIpc) is 3.42. The maximum atomic E-state index is 12.3. The minimum Gasteiger partial charge on any atom is -0.423 e. The molecule has 134 valence electrons. The lowest BCUT2D eigenvalue weighted by molar-refractivity contribution is 0.342. The molecule has 6 nitrogen and oxygen atoms in total. The van der Waals surface area contributed by atoms with Crippen LogP contribution < -0.4 is 10.5 Å². The van der Waals surface area contributed by atoms with Crippen molar-refractivity contribution in [3.05, 3.63) is 52.7 Å². The van der Waals surface area contributed by atoms with Crippen molar-refractivity contribution in [2.45, 2.75) is 38.1 Å². The zero-order valence-electron chi connectivity index (χ0n) is 14.7. The van der Waals surface area contributed by atoms with Gasteiger partial charge in [0.15, 0.2) is 5.58 Å². The van der Waals surface area contributed by atoms with Crippen molar-refractivity contribution in [2.24, 2.45) is 5.92 Å². The Kier molecular flexibility index (Phi) is 3.76. The molecular weight excluding hydrogens is 328 g/mol. The van der Waals surface area contributed by atoms with Crippen LogP contribution in [0.5, 0.6) is 0 Å². The van der Waals surface area contributed by atoms with Crippen LogP contribution in [0.4, 0.5) is 6.01 Å². The predicted octanol–water partition coefficient (Wildman–Crippen LogP) is 3.18. The zero-order valence-corrected chi connectivity index (χ0v) is 14.7. The van der Waals surface area contributed by atoms with Crippen molar-refractivity contribution in [1.29, 1.82) is 0 Å². The van der Waals surface area contributed by atoms with E-state index in [-0.39, 0.29) is 5.56 Å². The highest BCUT2D eigenvalue weighted by molar-refractivity contribution is 5.74. The SMILES string of the molecule is O=c1cc(C2CC2)ncn1CC1CCN(c2nc3ccccc3o2)CC1. The fourth-order valence-electron chi connectivity index (χ4n) is 3.76. The van der Waals surface area contributed by atoms with Gasteiger partial charge in [0.25, 0.3) is 11.6 Å². The number of anilines is 1. The van der Waals surface area contributed by atoms with Gasteiger partial charge in [0.1, 0.15) is 5.52 Å². The van der Waals surface area contributed by atoms with Crippen molar-refractivity contribution in [3.8, 4) is 0 Å². The monoisotopic (exact) mass is 350 g/mol. The maximum absolute atomic E-state index is 12.3. The van der Waals surface area contributed by atoms with E-state index in [9.17, 15) is 4.79 Å². The first-order chi connectivity index (χ1) is 12.8. The molecule has 2 aliphatic rings. The third-order valence-electron chi connectivity index (χ3n) is 5.52. The number of hydrogen-bond acceptors (Lipinski definition) is 5. The summed E-state index contributed by atoms with van der Waals surface area (Å²) < 4.78 is 7.64. The summed E-state index contributed by atoms with van der Waals surface area (Å²) in [6.45, 7) is 2.55. The summed E-state index contributed by atoms with van der Waals surface area (Å²) in [5.74, 6) is 1.01. The average molecular weight is 350 g/mol. The van der Waals surface area contributed by atoms with Crippen LogP contribution in [0.3, 0.4) is 0 Å². The Morgan fingerprint density at radius 3 is 2.65 bits per heavy atom. The summed E-state index contributed by atoms with van der Waals surface area (Å²) >= 11 is 0.